The minimum atomic E-state index is -3.46. The van der Waals surface area contributed by atoms with Crippen LogP contribution in [0.25, 0.3) is 11.0 Å². The molecule has 2 heterocycles. The largest absolute Gasteiger partial charge is 0.341 e. The van der Waals surface area contributed by atoms with Gasteiger partial charge in [-0.1, -0.05) is 42.1 Å². The molecule has 7 nitrogen and oxygen atoms in total. The number of thioether (sulfide) groups is 1. The molecule has 0 aliphatic carbocycles. The normalized spacial score (nSPS) is 11.9. The third kappa shape index (κ3) is 3.74. The smallest absolute Gasteiger partial charge is 0.191 e. The van der Waals surface area contributed by atoms with E-state index < -0.39 is 9.84 Å². The van der Waals surface area contributed by atoms with Crippen LogP contribution in [0.5, 0.6) is 0 Å². The minimum Gasteiger partial charge on any atom is -0.341 e. The van der Waals surface area contributed by atoms with Gasteiger partial charge in [0.15, 0.2) is 15.0 Å². The summed E-state index contributed by atoms with van der Waals surface area (Å²) in [6.45, 7) is 0. The van der Waals surface area contributed by atoms with E-state index >= 15 is 0 Å². The van der Waals surface area contributed by atoms with Gasteiger partial charge in [0.1, 0.15) is 17.4 Å². The second-order valence-corrected chi connectivity index (χ2v) is 8.95. The van der Waals surface area contributed by atoms with Gasteiger partial charge in [-0.3, -0.25) is 0 Å². The van der Waals surface area contributed by atoms with Gasteiger partial charge in [0, 0.05) is 7.05 Å². The summed E-state index contributed by atoms with van der Waals surface area (Å²) in [5.74, 6) is 1.64. The molecule has 0 spiro atoms. The van der Waals surface area contributed by atoms with E-state index in [1.54, 1.807) is 41.9 Å². The van der Waals surface area contributed by atoms with Crippen LogP contribution in [0.15, 0.2) is 64.6 Å². The molecule has 0 atom stereocenters. The lowest BCUT2D eigenvalue weighted by molar-refractivity contribution is 0.591. The fourth-order valence-electron chi connectivity index (χ4n) is 2.68. The number of hydrogen-bond donors (Lipinski definition) is 1. The molecular weight excluding hydrogens is 382 g/mol. The Hall–Kier alpha value is -2.65. The number of rotatable bonds is 6. The minimum absolute atomic E-state index is 0.189. The molecule has 0 amide bonds. The van der Waals surface area contributed by atoms with Crippen LogP contribution in [0.2, 0.25) is 0 Å². The maximum atomic E-state index is 12.5. The number of imidazole rings is 1. The first kappa shape index (κ1) is 17.7. The maximum Gasteiger partial charge on any atom is 0.191 e. The van der Waals surface area contributed by atoms with Crippen molar-refractivity contribution < 1.29 is 8.42 Å². The second kappa shape index (κ2) is 7.16. The Labute approximate surface area is 160 Å². The van der Waals surface area contributed by atoms with Crippen LogP contribution in [0, 0.1) is 0 Å². The molecule has 0 radical (unpaired) electrons. The summed E-state index contributed by atoms with van der Waals surface area (Å²) in [5, 5.41) is 8.84. The Morgan fingerprint density at radius 1 is 1.04 bits per heavy atom. The molecule has 138 valence electrons. The van der Waals surface area contributed by atoms with E-state index in [9.17, 15) is 8.42 Å². The summed E-state index contributed by atoms with van der Waals surface area (Å²) in [6.07, 6.45) is 0. The predicted octanol–water partition coefficient (Wildman–Crippen LogP) is 2.96. The zero-order chi connectivity index (χ0) is 18.9. The van der Waals surface area contributed by atoms with Crippen LogP contribution in [0.3, 0.4) is 0 Å². The van der Waals surface area contributed by atoms with E-state index in [-0.39, 0.29) is 10.6 Å². The molecule has 0 saturated heterocycles. The molecule has 2 aromatic heterocycles. The number of sulfone groups is 1. The lowest BCUT2D eigenvalue weighted by Crippen LogP contribution is -2.09. The summed E-state index contributed by atoms with van der Waals surface area (Å²) in [5.41, 5.74) is 1.90. The number of benzene rings is 2. The Morgan fingerprint density at radius 3 is 2.56 bits per heavy atom. The van der Waals surface area contributed by atoms with Gasteiger partial charge in [0.05, 0.1) is 21.7 Å². The van der Waals surface area contributed by atoms with Gasteiger partial charge in [-0.05, 0) is 24.3 Å². The van der Waals surface area contributed by atoms with E-state index in [1.807, 2.05) is 24.3 Å². The highest BCUT2D eigenvalue weighted by molar-refractivity contribution is 7.98. The van der Waals surface area contributed by atoms with Crippen LogP contribution < -0.4 is 0 Å². The maximum absolute atomic E-state index is 12.5. The van der Waals surface area contributed by atoms with Gasteiger partial charge in [0.2, 0.25) is 0 Å². The number of fused-ring (bicyclic) bond motifs is 1. The van der Waals surface area contributed by atoms with Gasteiger partial charge in [0.25, 0.3) is 0 Å². The lowest BCUT2D eigenvalue weighted by atomic mass is 10.3. The molecule has 27 heavy (non-hydrogen) atoms. The zero-order valence-corrected chi connectivity index (χ0v) is 16.2. The van der Waals surface area contributed by atoms with Crippen molar-refractivity contribution in [3.8, 4) is 0 Å². The van der Waals surface area contributed by atoms with Crippen LogP contribution in [0.1, 0.15) is 11.6 Å². The van der Waals surface area contributed by atoms with Crippen molar-refractivity contribution in [2.45, 2.75) is 21.6 Å². The number of nitrogens with one attached hydrogen (secondary N) is 1. The number of aromatic nitrogens is 5. The van der Waals surface area contributed by atoms with Crippen molar-refractivity contribution in [1.82, 2.24) is 24.7 Å². The molecule has 4 aromatic rings. The molecule has 0 bridgehead atoms. The molecule has 4 rings (SSSR count). The van der Waals surface area contributed by atoms with E-state index in [1.165, 1.54) is 11.8 Å². The van der Waals surface area contributed by atoms with E-state index in [2.05, 4.69) is 20.2 Å². The molecule has 0 aliphatic heterocycles. The molecular formula is C18H17N5O2S2. The number of hydrogen-bond acceptors (Lipinski definition) is 6. The Morgan fingerprint density at radius 2 is 1.78 bits per heavy atom. The fourth-order valence-corrected chi connectivity index (χ4v) is 4.81. The predicted molar refractivity (Wildman–Crippen MR) is 104 cm³/mol. The number of nitrogens with zero attached hydrogens (tertiary/aromatic N) is 4. The Bertz CT molecular complexity index is 1150. The zero-order valence-electron chi connectivity index (χ0n) is 14.5. The average Bonchev–Trinajstić information content (AvgIpc) is 3.24. The van der Waals surface area contributed by atoms with Crippen molar-refractivity contribution in [2.75, 3.05) is 0 Å². The molecule has 2 aromatic carbocycles. The van der Waals surface area contributed by atoms with Crippen LogP contribution >= 0.6 is 11.8 Å². The summed E-state index contributed by atoms with van der Waals surface area (Å²) in [4.78, 5) is 8.08. The van der Waals surface area contributed by atoms with Crippen LogP contribution in [-0.4, -0.2) is 33.2 Å². The van der Waals surface area contributed by atoms with Crippen molar-refractivity contribution in [1.29, 1.82) is 0 Å². The highest BCUT2D eigenvalue weighted by atomic mass is 32.2. The topological polar surface area (TPSA) is 93.5 Å². The van der Waals surface area contributed by atoms with Crippen molar-refractivity contribution in [3.63, 3.8) is 0 Å². The second-order valence-electron chi connectivity index (χ2n) is 6.02. The summed E-state index contributed by atoms with van der Waals surface area (Å²) < 4.78 is 26.8. The third-order valence-electron chi connectivity index (χ3n) is 4.12. The number of H-pyrrole nitrogens is 1. The van der Waals surface area contributed by atoms with Gasteiger partial charge < -0.3 is 9.55 Å². The highest BCUT2D eigenvalue weighted by Gasteiger charge is 2.20. The summed E-state index contributed by atoms with van der Waals surface area (Å²) >= 11 is 1.46. The van der Waals surface area contributed by atoms with Crippen LogP contribution in [-0.2, 0) is 28.4 Å². The SMILES string of the molecule is Cn1c(CS(=O)(=O)c2ccccc2)nnc1SCc1nc2ccccc2[nH]1. The molecule has 0 aliphatic rings. The first-order valence-corrected chi connectivity index (χ1v) is 10.9. The Balaban J connectivity index is 1.49. The standard InChI is InChI=1S/C18H17N5O2S2/c1-23-17(12-27(24,25)13-7-3-2-4-8-13)21-22-18(23)26-11-16-19-14-9-5-6-10-15(14)20-16/h2-10H,11-12H2,1H3,(H,19,20). The number of para-hydroxylation sites is 2. The van der Waals surface area contributed by atoms with Gasteiger partial charge in [-0.25, -0.2) is 13.4 Å². The van der Waals surface area contributed by atoms with Crippen LogP contribution in [0.4, 0.5) is 0 Å². The molecule has 9 heteroatoms. The van der Waals surface area contributed by atoms with E-state index in [0.29, 0.717) is 16.7 Å². The molecule has 0 unspecified atom stereocenters. The quantitative estimate of drug-likeness (QED) is 0.501. The first-order chi connectivity index (χ1) is 13.0. The van der Waals surface area contributed by atoms with E-state index in [0.717, 1.165) is 16.9 Å². The van der Waals surface area contributed by atoms with Crippen molar-refractivity contribution in [2.24, 2.45) is 7.05 Å². The average molecular weight is 400 g/mol. The molecule has 0 fully saturated rings. The number of aromatic amines is 1. The Kier molecular flexibility index (Phi) is 4.71. The lowest BCUT2D eigenvalue weighted by Gasteiger charge is -2.05. The third-order valence-corrected chi connectivity index (χ3v) is 6.78. The fraction of sp³-hybridized carbons (Fsp3) is 0.167. The first-order valence-electron chi connectivity index (χ1n) is 8.25. The van der Waals surface area contributed by atoms with Crippen molar-refractivity contribution >= 4 is 32.6 Å². The van der Waals surface area contributed by atoms with Gasteiger partial charge in [-0.15, -0.1) is 10.2 Å². The molecule has 1 N–H and O–H groups in total. The van der Waals surface area contributed by atoms with Gasteiger partial charge >= 0.3 is 0 Å². The molecule has 0 saturated carbocycles. The monoisotopic (exact) mass is 399 g/mol. The van der Waals surface area contributed by atoms with E-state index in [4.69, 9.17) is 0 Å². The van der Waals surface area contributed by atoms with Crippen molar-refractivity contribution in [3.05, 3.63) is 66.2 Å². The van der Waals surface area contributed by atoms with Gasteiger partial charge in [-0.2, -0.15) is 0 Å². The summed E-state index contributed by atoms with van der Waals surface area (Å²) in [7, 11) is -1.68. The summed E-state index contributed by atoms with van der Waals surface area (Å²) in [6, 6.07) is 16.2. The highest BCUT2D eigenvalue weighted by Crippen LogP contribution is 2.23.